The summed E-state index contributed by atoms with van der Waals surface area (Å²) in [4.78, 5) is 0. The van der Waals surface area contributed by atoms with E-state index in [9.17, 15) is 36.7 Å². The first-order valence-corrected chi connectivity index (χ1v) is 18.8. The van der Waals surface area contributed by atoms with Gasteiger partial charge in [0.2, 0.25) is 0 Å². The molecule has 2 aromatic carbocycles. The lowest BCUT2D eigenvalue weighted by Gasteiger charge is -2.59. The highest BCUT2D eigenvalue weighted by molar-refractivity contribution is 7.91. The van der Waals surface area contributed by atoms with E-state index in [0.717, 1.165) is 70.0 Å². The number of aliphatic hydroxyl groups is 1. The van der Waals surface area contributed by atoms with Gasteiger partial charge in [-0.2, -0.15) is 22.0 Å². The Balaban J connectivity index is 1.01. The molecule has 3 fully saturated rings. The minimum absolute atomic E-state index is 0.121. The molecule has 0 radical (unpaired) electrons. The van der Waals surface area contributed by atoms with Crippen molar-refractivity contribution < 1.29 is 41.5 Å². The molecule has 4 aliphatic rings. The third-order valence-corrected chi connectivity index (χ3v) is 14.1. The molecular weight excluding hydrogens is 635 g/mol. The molecule has 2 N–H and O–H groups in total. The molecule has 3 saturated carbocycles. The maximum Gasteiger partial charge on any atom is 0.453 e. The van der Waals surface area contributed by atoms with Crippen LogP contribution in [0.1, 0.15) is 112 Å². The topological polar surface area (TPSA) is 72.8 Å². The van der Waals surface area contributed by atoms with Crippen LogP contribution in [-0.2, 0) is 17.6 Å². The zero-order chi connectivity index (χ0) is 33.7. The summed E-state index contributed by atoms with van der Waals surface area (Å²) >= 11 is -1.40. The number of ether oxygens (including phenoxy) is 1. The molecule has 5 atom stereocenters. The van der Waals surface area contributed by atoms with Gasteiger partial charge in [-0.05, 0) is 141 Å². The second kappa shape index (κ2) is 13.0. The van der Waals surface area contributed by atoms with Crippen LogP contribution in [0, 0.1) is 16.7 Å². The van der Waals surface area contributed by atoms with Crippen LogP contribution >= 0.6 is 0 Å². The van der Waals surface area contributed by atoms with E-state index in [2.05, 4.69) is 25.1 Å². The molecule has 1 unspecified atom stereocenters. The van der Waals surface area contributed by atoms with Crippen LogP contribution < -0.4 is 4.74 Å². The smallest absolute Gasteiger partial charge is 0.453 e. The number of aryl methyl sites for hydroxylation is 1. The average molecular weight is 683 g/mol. The molecule has 4 nitrogen and oxygen atoms in total. The van der Waals surface area contributed by atoms with E-state index in [1.807, 2.05) is 24.3 Å². The van der Waals surface area contributed by atoms with Crippen LogP contribution in [0.25, 0.3) is 0 Å². The van der Waals surface area contributed by atoms with Gasteiger partial charge in [0, 0.05) is 11.8 Å². The van der Waals surface area contributed by atoms with E-state index in [0.29, 0.717) is 36.4 Å². The number of hydrogen-bond acceptors (Lipinski definition) is 4. The lowest BCUT2D eigenvalue weighted by Crippen LogP contribution is -2.54. The molecule has 0 heterocycles. The zero-order valence-electron chi connectivity index (χ0n) is 27.1. The number of rotatable bonds is 13. The molecule has 4 aliphatic carbocycles. The number of hydrogen-bond donors (Lipinski definition) is 2. The molecule has 0 aromatic heterocycles. The van der Waals surface area contributed by atoms with E-state index in [4.69, 9.17) is 4.74 Å². The van der Waals surface area contributed by atoms with Crippen molar-refractivity contribution in [2.45, 2.75) is 120 Å². The van der Waals surface area contributed by atoms with Crippen molar-refractivity contribution >= 4 is 11.2 Å². The van der Waals surface area contributed by atoms with Gasteiger partial charge in [0.15, 0.2) is 0 Å². The summed E-state index contributed by atoms with van der Waals surface area (Å²) in [5.74, 6) is -2.39. The molecule has 2 bridgehead atoms. The second-order valence-electron chi connectivity index (χ2n) is 14.9. The number of phenols is 1. The molecule has 10 heteroatoms. The fourth-order valence-corrected chi connectivity index (χ4v) is 11.3. The molecule has 47 heavy (non-hydrogen) atoms. The van der Waals surface area contributed by atoms with Crippen molar-refractivity contribution in [2.24, 2.45) is 16.7 Å². The largest absolute Gasteiger partial charge is 0.616 e. The summed E-state index contributed by atoms with van der Waals surface area (Å²) in [5.41, 5.74) is 3.30. The maximum absolute atomic E-state index is 13.0. The van der Waals surface area contributed by atoms with Gasteiger partial charge >= 0.3 is 12.1 Å². The van der Waals surface area contributed by atoms with Gasteiger partial charge in [0.1, 0.15) is 23.0 Å². The summed E-state index contributed by atoms with van der Waals surface area (Å²) in [7, 11) is 0. The SMILES string of the molecule is C[C@]12C[C@H](c3ccc(OCCCCCC[S+]([O-])CCCC(F)(F)C(F)(F)F)cc3)[C@@H]3c4ccc(O)cc4CC[C@H]3[C@]13CC[C@]2(O)CC3. The number of unbranched alkanes of at least 4 members (excludes halogenated alkanes) is 3. The van der Waals surface area contributed by atoms with E-state index in [1.165, 1.54) is 16.7 Å². The Morgan fingerprint density at radius 3 is 2.30 bits per heavy atom. The maximum atomic E-state index is 13.0. The highest BCUT2D eigenvalue weighted by Gasteiger charge is 2.74. The quantitative estimate of drug-likeness (QED) is 0.126. The van der Waals surface area contributed by atoms with E-state index >= 15 is 0 Å². The normalized spacial score (nSPS) is 32.0. The van der Waals surface area contributed by atoms with Gasteiger partial charge in [-0.1, -0.05) is 36.3 Å². The lowest BCUT2D eigenvalue weighted by molar-refractivity contribution is -0.284. The van der Waals surface area contributed by atoms with Crippen molar-refractivity contribution in [1.29, 1.82) is 0 Å². The molecule has 6 rings (SSSR count). The Morgan fingerprint density at radius 1 is 0.915 bits per heavy atom. The predicted molar refractivity (Wildman–Crippen MR) is 172 cm³/mol. The van der Waals surface area contributed by atoms with Crippen molar-refractivity contribution in [2.75, 3.05) is 18.1 Å². The molecule has 0 aliphatic heterocycles. The number of fused-ring (bicyclic) bond motifs is 3. The molecule has 260 valence electrons. The third kappa shape index (κ3) is 6.29. The van der Waals surface area contributed by atoms with E-state index < -0.39 is 41.7 Å². The minimum Gasteiger partial charge on any atom is -0.616 e. The van der Waals surface area contributed by atoms with Gasteiger partial charge in [0.25, 0.3) is 0 Å². The molecule has 2 aromatic rings. The lowest BCUT2D eigenvalue weighted by atomic mass is 9.45. The van der Waals surface area contributed by atoms with Crippen LogP contribution in [0.4, 0.5) is 22.0 Å². The standard InChI is InChI=1S/C37H47F5O4S/c1-33-24-30(32-29-13-10-27(43)23-26(29)9-14-31(32)34(33)16-18-35(33,44)19-17-34)25-7-11-28(12-8-25)46-20-4-2-3-5-21-47(45)22-6-15-36(38,39)37(40,41)42/h7-8,10-13,23,30-32,43-44H,2-6,9,14-22,24H2,1H3/t30-,31-,32+,33+,34-,35+,47?/m1/s1. The molecule has 0 spiro atoms. The van der Waals surface area contributed by atoms with Crippen LogP contribution in [0.3, 0.4) is 0 Å². The number of alkyl halides is 5. The third-order valence-electron chi connectivity index (χ3n) is 12.6. The number of aromatic hydroxyl groups is 1. The Labute approximate surface area is 277 Å². The zero-order valence-corrected chi connectivity index (χ0v) is 27.9. The minimum atomic E-state index is -5.56. The van der Waals surface area contributed by atoms with E-state index in [-0.39, 0.29) is 22.5 Å². The summed E-state index contributed by atoms with van der Waals surface area (Å²) in [5, 5.41) is 22.1. The Bertz CT molecular complexity index is 1390. The van der Waals surface area contributed by atoms with Crippen LogP contribution in [0.5, 0.6) is 11.5 Å². The predicted octanol–water partition coefficient (Wildman–Crippen LogP) is 9.20. The van der Waals surface area contributed by atoms with Gasteiger partial charge in [-0.3, -0.25) is 0 Å². The van der Waals surface area contributed by atoms with Gasteiger partial charge in [-0.25, -0.2) is 0 Å². The van der Waals surface area contributed by atoms with Gasteiger partial charge in [0.05, 0.1) is 12.2 Å². The van der Waals surface area contributed by atoms with Crippen molar-refractivity contribution in [1.82, 2.24) is 0 Å². The fraction of sp³-hybridized carbons (Fsp3) is 0.676. The summed E-state index contributed by atoms with van der Waals surface area (Å²) < 4.78 is 80.8. The second-order valence-corrected chi connectivity index (χ2v) is 16.6. The van der Waals surface area contributed by atoms with Crippen LogP contribution in [0.15, 0.2) is 42.5 Å². The number of halogens is 5. The molecule has 0 amide bonds. The first-order valence-electron chi connectivity index (χ1n) is 17.3. The van der Waals surface area contributed by atoms with Crippen LogP contribution in [0.2, 0.25) is 0 Å². The molecular formula is C37H47F5O4S. The van der Waals surface area contributed by atoms with Gasteiger partial charge in [-0.15, -0.1) is 0 Å². The fourth-order valence-electron chi connectivity index (χ4n) is 10.1. The van der Waals surface area contributed by atoms with Crippen LogP contribution in [-0.4, -0.2) is 50.6 Å². The Morgan fingerprint density at radius 2 is 1.60 bits per heavy atom. The Hall–Kier alpha value is -2.04. The number of benzene rings is 2. The first-order chi connectivity index (χ1) is 22.2. The van der Waals surface area contributed by atoms with Crippen molar-refractivity contribution in [3.05, 3.63) is 59.2 Å². The summed E-state index contributed by atoms with van der Waals surface area (Å²) in [6.45, 7) is 2.88. The average Bonchev–Trinajstić information content (AvgIpc) is 3.39. The molecule has 0 saturated heterocycles. The highest BCUT2D eigenvalue weighted by atomic mass is 32.2. The Kier molecular flexibility index (Phi) is 9.64. The van der Waals surface area contributed by atoms with Gasteiger partial charge < -0.3 is 19.5 Å². The summed E-state index contributed by atoms with van der Waals surface area (Å²) in [6, 6.07) is 14.3. The summed E-state index contributed by atoms with van der Waals surface area (Å²) in [6.07, 6.45) is 2.68. The van der Waals surface area contributed by atoms with E-state index in [1.54, 1.807) is 0 Å². The highest BCUT2D eigenvalue weighted by Crippen LogP contribution is 2.79. The van der Waals surface area contributed by atoms with Crippen molar-refractivity contribution in [3.63, 3.8) is 0 Å². The van der Waals surface area contributed by atoms with Crippen molar-refractivity contribution in [3.8, 4) is 11.5 Å². The number of phenolic OH excluding ortho intramolecular Hbond substituents is 1. The first kappa shape index (κ1) is 34.8. The monoisotopic (exact) mass is 682 g/mol.